The minimum Gasteiger partial charge on any atom is -0.368 e. The van der Waals surface area contributed by atoms with Crippen molar-refractivity contribution in [3.63, 3.8) is 0 Å². The number of halogens is 2. The molecule has 0 aromatic heterocycles. The fourth-order valence-electron chi connectivity index (χ4n) is 3.48. The van der Waals surface area contributed by atoms with Crippen LogP contribution in [0.2, 0.25) is 5.02 Å². The molecular weight excluding hydrogens is 443 g/mol. The van der Waals surface area contributed by atoms with Gasteiger partial charge in [-0.05, 0) is 36.8 Å². The summed E-state index contributed by atoms with van der Waals surface area (Å²) in [6.07, 6.45) is 0. The van der Waals surface area contributed by atoms with E-state index in [1.54, 1.807) is 4.90 Å². The number of nitrogens with zero attached hydrogens (tertiary/aromatic N) is 4. The quantitative estimate of drug-likeness (QED) is 0.654. The second-order valence-electron chi connectivity index (χ2n) is 7.55. The summed E-state index contributed by atoms with van der Waals surface area (Å²) in [4.78, 5) is 16.7. The molecule has 1 amide bonds. The molecule has 1 saturated heterocycles. The maximum atomic E-state index is 14.4. The number of anilines is 2. The Morgan fingerprint density at radius 3 is 2.35 bits per heavy atom. The number of hydrogen-bond acceptors (Lipinski definition) is 4. The van der Waals surface area contributed by atoms with Crippen molar-refractivity contribution in [2.45, 2.75) is 6.92 Å². The molecule has 0 bridgehead atoms. The summed E-state index contributed by atoms with van der Waals surface area (Å²) >= 11 is 6.12. The van der Waals surface area contributed by atoms with Gasteiger partial charge in [-0.2, -0.15) is 12.7 Å². The first kappa shape index (κ1) is 23.3. The van der Waals surface area contributed by atoms with Crippen molar-refractivity contribution in [3.8, 4) is 0 Å². The highest BCUT2D eigenvalue weighted by Crippen LogP contribution is 2.26. The van der Waals surface area contributed by atoms with E-state index >= 15 is 0 Å². The molecule has 168 valence electrons. The van der Waals surface area contributed by atoms with Gasteiger partial charge in [0.15, 0.2) is 0 Å². The molecule has 0 spiro atoms. The van der Waals surface area contributed by atoms with E-state index < -0.39 is 22.6 Å². The zero-order chi connectivity index (χ0) is 22.8. The number of aryl methyl sites for hydroxylation is 1. The number of carbonyl (C=O) groups is 1. The third-order valence-electron chi connectivity index (χ3n) is 5.28. The van der Waals surface area contributed by atoms with E-state index in [0.717, 1.165) is 19.9 Å². The minimum atomic E-state index is -4.06. The summed E-state index contributed by atoms with van der Waals surface area (Å²) < 4.78 is 41.8. The number of piperazine rings is 1. The maximum absolute atomic E-state index is 14.4. The lowest BCUT2D eigenvalue weighted by Gasteiger charge is -2.38. The molecule has 1 heterocycles. The van der Waals surface area contributed by atoms with Gasteiger partial charge in [-0.15, -0.1) is 0 Å². The Morgan fingerprint density at radius 1 is 1.10 bits per heavy atom. The van der Waals surface area contributed by atoms with Crippen LogP contribution in [0.4, 0.5) is 15.8 Å². The number of rotatable bonds is 6. The van der Waals surface area contributed by atoms with E-state index in [0.29, 0.717) is 31.2 Å². The first-order valence-electron chi connectivity index (χ1n) is 9.85. The zero-order valence-electron chi connectivity index (χ0n) is 17.8. The Kier molecular flexibility index (Phi) is 7.08. The van der Waals surface area contributed by atoms with E-state index in [9.17, 15) is 17.6 Å². The topological polar surface area (TPSA) is 64.2 Å². The molecule has 10 heteroatoms. The molecule has 1 fully saturated rings. The molecule has 0 atom stereocenters. The number of carbonyl (C=O) groups excluding carboxylic acids is 1. The van der Waals surface area contributed by atoms with Gasteiger partial charge in [0.05, 0.1) is 5.69 Å². The van der Waals surface area contributed by atoms with Crippen LogP contribution in [0.5, 0.6) is 0 Å². The van der Waals surface area contributed by atoms with Crippen LogP contribution in [-0.2, 0) is 15.0 Å². The minimum absolute atomic E-state index is 0.155. The molecule has 0 radical (unpaired) electrons. The largest absolute Gasteiger partial charge is 0.368 e. The van der Waals surface area contributed by atoms with Gasteiger partial charge in [0.2, 0.25) is 5.91 Å². The van der Waals surface area contributed by atoms with Gasteiger partial charge in [0, 0.05) is 51.0 Å². The van der Waals surface area contributed by atoms with Crippen LogP contribution < -0.4 is 9.21 Å². The highest BCUT2D eigenvalue weighted by molar-refractivity contribution is 7.90. The Balaban J connectivity index is 1.75. The number of hydrogen-bond donors (Lipinski definition) is 0. The molecule has 0 saturated carbocycles. The van der Waals surface area contributed by atoms with Gasteiger partial charge in [0.1, 0.15) is 12.4 Å². The molecule has 0 N–H and O–H groups in total. The fraction of sp³-hybridized carbons (Fsp3) is 0.381. The Bertz CT molecular complexity index is 1060. The Morgan fingerprint density at radius 2 is 1.74 bits per heavy atom. The lowest BCUT2D eigenvalue weighted by Crippen LogP contribution is -2.53. The number of benzene rings is 2. The van der Waals surface area contributed by atoms with Gasteiger partial charge in [-0.25, -0.2) is 8.70 Å². The van der Waals surface area contributed by atoms with Crippen molar-refractivity contribution in [2.75, 3.05) is 56.0 Å². The summed E-state index contributed by atoms with van der Waals surface area (Å²) in [7, 11) is -1.36. The second kappa shape index (κ2) is 9.42. The predicted octanol–water partition coefficient (Wildman–Crippen LogP) is 2.75. The fourth-order valence-corrected chi connectivity index (χ4v) is 4.72. The smallest absolute Gasteiger partial charge is 0.304 e. The number of para-hydroxylation sites is 1. The molecule has 2 aromatic carbocycles. The lowest BCUT2D eigenvalue weighted by atomic mass is 10.1. The normalized spacial score (nSPS) is 14.8. The van der Waals surface area contributed by atoms with Crippen molar-refractivity contribution < 1.29 is 17.6 Å². The average Bonchev–Trinajstić information content (AvgIpc) is 2.74. The highest BCUT2D eigenvalue weighted by atomic mass is 35.5. The van der Waals surface area contributed by atoms with Crippen LogP contribution in [0.25, 0.3) is 0 Å². The van der Waals surface area contributed by atoms with Crippen LogP contribution in [0.1, 0.15) is 5.56 Å². The highest BCUT2D eigenvalue weighted by Gasteiger charge is 2.32. The van der Waals surface area contributed by atoms with Gasteiger partial charge in [-0.3, -0.25) is 4.79 Å². The van der Waals surface area contributed by atoms with E-state index in [1.165, 1.54) is 38.4 Å². The molecule has 7 nitrogen and oxygen atoms in total. The van der Waals surface area contributed by atoms with E-state index in [-0.39, 0.29) is 11.6 Å². The van der Waals surface area contributed by atoms with Crippen LogP contribution >= 0.6 is 11.6 Å². The third-order valence-corrected chi connectivity index (χ3v) is 7.32. The lowest BCUT2D eigenvalue weighted by molar-refractivity contribution is -0.129. The molecule has 0 aliphatic carbocycles. The summed E-state index contributed by atoms with van der Waals surface area (Å²) in [5.74, 6) is -1.09. The first-order valence-corrected chi connectivity index (χ1v) is 11.6. The van der Waals surface area contributed by atoms with Crippen LogP contribution in [-0.4, -0.2) is 70.3 Å². The Hall–Kier alpha value is -2.36. The summed E-state index contributed by atoms with van der Waals surface area (Å²) in [6, 6.07) is 11.2. The van der Waals surface area contributed by atoms with Gasteiger partial charge >= 0.3 is 10.2 Å². The standard InChI is InChI=1S/C21H26ClFN4O3S/c1-16-8-9-17(22)14-20(16)25-10-12-26(13-11-25)21(28)15-27(31(29,30)24(2)3)19-7-5-4-6-18(19)23/h4-9,14H,10-13,15H2,1-3H3. The van der Waals surface area contributed by atoms with Crippen molar-refractivity contribution in [1.29, 1.82) is 0 Å². The molecular formula is C21H26ClFN4O3S. The van der Waals surface area contributed by atoms with Crippen LogP contribution in [0, 0.1) is 12.7 Å². The van der Waals surface area contributed by atoms with Crippen LogP contribution in [0.15, 0.2) is 42.5 Å². The maximum Gasteiger partial charge on any atom is 0.304 e. The average molecular weight is 469 g/mol. The van der Waals surface area contributed by atoms with Crippen LogP contribution in [0.3, 0.4) is 0 Å². The predicted molar refractivity (Wildman–Crippen MR) is 121 cm³/mol. The van der Waals surface area contributed by atoms with Crippen molar-refractivity contribution in [3.05, 3.63) is 58.9 Å². The second-order valence-corrected chi connectivity index (χ2v) is 10.1. The van der Waals surface area contributed by atoms with E-state index in [4.69, 9.17) is 11.6 Å². The van der Waals surface area contributed by atoms with Crippen molar-refractivity contribution >= 4 is 39.1 Å². The first-order chi connectivity index (χ1) is 14.6. The summed E-state index contributed by atoms with van der Waals surface area (Å²) in [6.45, 7) is 3.56. The monoisotopic (exact) mass is 468 g/mol. The third kappa shape index (κ3) is 5.11. The van der Waals surface area contributed by atoms with E-state index in [2.05, 4.69) is 4.90 Å². The summed E-state index contributed by atoms with van der Waals surface area (Å²) in [5.41, 5.74) is 1.95. The molecule has 3 rings (SSSR count). The molecule has 1 aliphatic rings. The van der Waals surface area contributed by atoms with Gasteiger partial charge < -0.3 is 9.80 Å². The van der Waals surface area contributed by atoms with Crippen molar-refractivity contribution in [1.82, 2.24) is 9.21 Å². The Labute approximate surface area is 187 Å². The van der Waals surface area contributed by atoms with Gasteiger partial charge in [0.25, 0.3) is 0 Å². The molecule has 2 aromatic rings. The molecule has 31 heavy (non-hydrogen) atoms. The number of amides is 1. The molecule has 1 aliphatic heterocycles. The van der Waals surface area contributed by atoms with Gasteiger partial charge in [-0.1, -0.05) is 29.8 Å². The molecule has 0 unspecified atom stereocenters. The zero-order valence-corrected chi connectivity index (χ0v) is 19.3. The SMILES string of the molecule is Cc1ccc(Cl)cc1N1CCN(C(=O)CN(c2ccccc2F)S(=O)(=O)N(C)C)CC1. The summed E-state index contributed by atoms with van der Waals surface area (Å²) in [5, 5.41) is 0.647. The van der Waals surface area contributed by atoms with E-state index in [1.807, 2.05) is 25.1 Å². The van der Waals surface area contributed by atoms with Crippen molar-refractivity contribution in [2.24, 2.45) is 0 Å².